The molecular weight excluding hydrogens is 274 g/mol. The molecule has 2 N–H and O–H groups in total. The highest BCUT2D eigenvalue weighted by molar-refractivity contribution is 7.10. The van der Waals surface area contributed by atoms with E-state index in [2.05, 4.69) is 25.2 Å². The number of benzene rings is 1. The second-order valence-electron chi connectivity index (χ2n) is 4.06. The van der Waals surface area contributed by atoms with Gasteiger partial charge in [-0.25, -0.2) is 4.98 Å². The minimum absolute atomic E-state index is 0.279. The maximum absolute atomic E-state index is 12.2. The number of hydrogen-bond acceptors (Lipinski definition) is 6. The van der Waals surface area contributed by atoms with Crippen LogP contribution >= 0.6 is 11.5 Å². The van der Waals surface area contributed by atoms with E-state index in [4.69, 9.17) is 0 Å². The first kappa shape index (κ1) is 12.5. The second kappa shape index (κ2) is 5.22. The largest absolute Gasteiger partial charge is 0.373 e. The van der Waals surface area contributed by atoms with Crippen LogP contribution in [0.2, 0.25) is 0 Å². The van der Waals surface area contributed by atoms with Crippen molar-refractivity contribution in [1.82, 2.24) is 14.6 Å². The number of pyridine rings is 1. The number of fused-ring (bicyclic) bond motifs is 1. The van der Waals surface area contributed by atoms with E-state index in [0.29, 0.717) is 16.5 Å². The topological polar surface area (TPSA) is 79.8 Å². The number of aromatic nitrogens is 3. The van der Waals surface area contributed by atoms with Crippen LogP contribution in [0.1, 0.15) is 10.5 Å². The van der Waals surface area contributed by atoms with Crippen molar-refractivity contribution in [1.29, 1.82) is 0 Å². The smallest absolute Gasteiger partial charge is 0.275 e. The highest BCUT2D eigenvalue weighted by Gasteiger charge is 2.12. The van der Waals surface area contributed by atoms with Crippen molar-refractivity contribution >= 4 is 39.0 Å². The van der Waals surface area contributed by atoms with Crippen LogP contribution in [0.4, 0.5) is 10.8 Å². The van der Waals surface area contributed by atoms with Crippen molar-refractivity contribution in [2.24, 2.45) is 0 Å². The summed E-state index contributed by atoms with van der Waals surface area (Å²) in [6.45, 7) is 0. The average Bonchev–Trinajstić information content (AvgIpc) is 2.99. The third-order valence-corrected chi connectivity index (χ3v) is 3.39. The zero-order valence-corrected chi connectivity index (χ0v) is 11.4. The standard InChI is InChI=1S/C13H11N5OS/c1-14-12-9-5-3-2-4-8(9)6-10(16-12)13(19)17-11-7-15-18-20-11/h2-7H,1H3,(H,14,16)(H,17,19). The van der Waals surface area contributed by atoms with Crippen LogP contribution in [-0.2, 0) is 0 Å². The van der Waals surface area contributed by atoms with Gasteiger partial charge in [-0.3, -0.25) is 4.79 Å². The molecule has 0 bridgehead atoms. The molecule has 1 amide bonds. The van der Waals surface area contributed by atoms with Gasteiger partial charge in [0.25, 0.3) is 5.91 Å². The normalized spacial score (nSPS) is 10.4. The minimum Gasteiger partial charge on any atom is -0.373 e. The Morgan fingerprint density at radius 3 is 2.90 bits per heavy atom. The fourth-order valence-corrected chi connectivity index (χ4v) is 2.32. The SMILES string of the molecule is CNc1nc(C(=O)Nc2cnns2)cc2ccccc12. The first-order valence-electron chi connectivity index (χ1n) is 5.94. The molecule has 3 rings (SSSR count). The molecule has 20 heavy (non-hydrogen) atoms. The maximum atomic E-state index is 12.2. The quantitative estimate of drug-likeness (QED) is 0.772. The van der Waals surface area contributed by atoms with Crippen molar-refractivity contribution in [2.75, 3.05) is 17.7 Å². The average molecular weight is 285 g/mol. The summed E-state index contributed by atoms with van der Waals surface area (Å²) >= 11 is 1.12. The number of carbonyl (C=O) groups is 1. The van der Waals surface area contributed by atoms with Gasteiger partial charge in [-0.15, -0.1) is 5.10 Å². The highest BCUT2D eigenvalue weighted by Crippen LogP contribution is 2.22. The van der Waals surface area contributed by atoms with E-state index in [0.717, 1.165) is 22.3 Å². The highest BCUT2D eigenvalue weighted by atomic mass is 32.1. The van der Waals surface area contributed by atoms with Crippen LogP contribution in [0.25, 0.3) is 10.8 Å². The van der Waals surface area contributed by atoms with Gasteiger partial charge in [-0.05, 0) is 11.5 Å². The Morgan fingerprint density at radius 1 is 1.30 bits per heavy atom. The van der Waals surface area contributed by atoms with Gasteiger partial charge in [0.2, 0.25) is 0 Å². The molecule has 2 aromatic heterocycles. The molecular formula is C13H11N5OS. The summed E-state index contributed by atoms with van der Waals surface area (Å²) in [5, 5.41) is 11.9. The van der Waals surface area contributed by atoms with Crippen LogP contribution in [0, 0.1) is 0 Å². The summed E-state index contributed by atoms with van der Waals surface area (Å²) in [5.74, 6) is 0.397. The van der Waals surface area contributed by atoms with Crippen molar-refractivity contribution in [3.63, 3.8) is 0 Å². The van der Waals surface area contributed by atoms with Crippen molar-refractivity contribution in [3.05, 3.63) is 42.2 Å². The van der Waals surface area contributed by atoms with E-state index in [1.165, 1.54) is 6.20 Å². The summed E-state index contributed by atoms with van der Waals surface area (Å²) in [6.07, 6.45) is 1.50. The number of nitrogens with one attached hydrogen (secondary N) is 2. The van der Waals surface area contributed by atoms with E-state index >= 15 is 0 Å². The summed E-state index contributed by atoms with van der Waals surface area (Å²) in [5.41, 5.74) is 0.349. The molecule has 1 aromatic carbocycles. The third kappa shape index (κ3) is 2.30. The Hall–Kier alpha value is -2.54. The number of hydrogen-bond donors (Lipinski definition) is 2. The molecule has 100 valence electrons. The van der Waals surface area contributed by atoms with Gasteiger partial charge < -0.3 is 10.6 Å². The Kier molecular flexibility index (Phi) is 3.26. The zero-order chi connectivity index (χ0) is 13.9. The summed E-state index contributed by atoms with van der Waals surface area (Å²) < 4.78 is 3.70. The lowest BCUT2D eigenvalue weighted by Gasteiger charge is -2.08. The van der Waals surface area contributed by atoms with Gasteiger partial charge in [-0.1, -0.05) is 28.8 Å². The Balaban J connectivity index is 2.01. The van der Waals surface area contributed by atoms with E-state index in [-0.39, 0.29) is 5.91 Å². The van der Waals surface area contributed by atoms with Crippen molar-refractivity contribution < 1.29 is 4.79 Å². The van der Waals surface area contributed by atoms with Crippen molar-refractivity contribution in [3.8, 4) is 0 Å². The van der Waals surface area contributed by atoms with Crippen LogP contribution in [-0.4, -0.2) is 27.5 Å². The lowest BCUT2D eigenvalue weighted by Crippen LogP contribution is -2.13. The van der Waals surface area contributed by atoms with Gasteiger partial charge in [0.15, 0.2) is 0 Å². The van der Waals surface area contributed by atoms with Gasteiger partial charge in [-0.2, -0.15) is 0 Å². The lowest BCUT2D eigenvalue weighted by atomic mass is 10.1. The molecule has 3 aromatic rings. The summed E-state index contributed by atoms with van der Waals surface area (Å²) in [4.78, 5) is 16.5. The molecule has 0 aliphatic heterocycles. The first-order valence-corrected chi connectivity index (χ1v) is 6.71. The fraction of sp³-hybridized carbons (Fsp3) is 0.0769. The molecule has 0 aliphatic rings. The first-order chi connectivity index (χ1) is 9.78. The lowest BCUT2D eigenvalue weighted by molar-refractivity contribution is 0.102. The summed E-state index contributed by atoms with van der Waals surface area (Å²) in [6, 6.07) is 9.54. The molecule has 0 atom stereocenters. The van der Waals surface area contributed by atoms with E-state index in [1.807, 2.05) is 24.3 Å². The van der Waals surface area contributed by atoms with E-state index in [9.17, 15) is 4.79 Å². The summed E-state index contributed by atoms with van der Waals surface area (Å²) in [7, 11) is 1.78. The van der Waals surface area contributed by atoms with Crippen LogP contribution in [0.15, 0.2) is 36.5 Å². The van der Waals surface area contributed by atoms with Crippen LogP contribution in [0.5, 0.6) is 0 Å². The number of amides is 1. The predicted octanol–water partition coefficient (Wildman–Crippen LogP) is 2.38. The molecule has 2 heterocycles. The van der Waals surface area contributed by atoms with Crippen LogP contribution < -0.4 is 10.6 Å². The third-order valence-electron chi connectivity index (χ3n) is 2.81. The van der Waals surface area contributed by atoms with E-state index < -0.39 is 0 Å². The molecule has 0 fully saturated rings. The monoisotopic (exact) mass is 285 g/mol. The molecule has 0 saturated carbocycles. The van der Waals surface area contributed by atoms with Gasteiger partial charge in [0, 0.05) is 24.0 Å². The maximum Gasteiger partial charge on any atom is 0.275 e. The molecule has 6 nitrogen and oxygen atoms in total. The molecule has 0 saturated heterocycles. The Morgan fingerprint density at radius 2 is 2.15 bits per heavy atom. The Bertz CT molecular complexity index is 757. The van der Waals surface area contributed by atoms with Gasteiger partial charge in [0.1, 0.15) is 16.5 Å². The molecule has 0 spiro atoms. The number of anilines is 2. The number of rotatable bonds is 3. The minimum atomic E-state index is -0.279. The molecule has 7 heteroatoms. The Labute approximate surface area is 119 Å². The predicted molar refractivity (Wildman–Crippen MR) is 79.2 cm³/mol. The van der Waals surface area contributed by atoms with E-state index in [1.54, 1.807) is 13.1 Å². The zero-order valence-electron chi connectivity index (χ0n) is 10.6. The van der Waals surface area contributed by atoms with Crippen LogP contribution in [0.3, 0.4) is 0 Å². The molecule has 0 unspecified atom stereocenters. The fourth-order valence-electron chi connectivity index (χ4n) is 1.90. The number of nitrogens with zero attached hydrogens (tertiary/aromatic N) is 3. The van der Waals surface area contributed by atoms with Gasteiger partial charge in [0.05, 0.1) is 6.20 Å². The van der Waals surface area contributed by atoms with Crippen molar-refractivity contribution in [2.45, 2.75) is 0 Å². The molecule has 0 aliphatic carbocycles. The van der Waals surface area contributed by atoms with Gasteiger partial charge >= 0.3 is 0 Å². The number of carbonyl (C=O) groups excluding carboxylic acids is 1. The molecule has 0 radical (unpaired) electrons. The second-order valence-corrected chi connectivity index (χ2v) is 4.85.